The molecule has 1 aliphatic heterocycles. The second kappa shape index (κ2) is 4.25. The van der Waals surface area contributed by atoms with Gasteiger partial charge in [0.1, 0.15) is 0 Å². The fourth-order valence-corrected chi connectivity index (χ4v) is 1.97. The molecule has 1 aliphatic rings. The van der Waals surface area contributed by atoms with Crippen LogP contribution < -0.4 is 10.5 Å². The smallest absolute Gasteiger partial charge is 0.293 e. The van der Waals surface area contributed by atoms with E-state index in [0.29, 0.717) is 25.3 Å². The summed E-state index contributed by atoms with van der Waals surface area (Å²) in [5, 5.41) is 9.45. The molecule has 1 fully saturated rings. The Morgan fingerprint density at radius 1 is 1.56 bits per heavy atom. The van der Waals surface area contributed by atoms with Gasteiger partial charge in [-0.05, 0) is 20.3 Å². The highest BCUT2D eigenvalue weighted by atomic mass is 16.3. The predicted molar refractivity (Wildman–Crippen MR) is 61.7 cm³/mol. The average Bonchev–Trinajstić information content (AvgIpc) is 2.64. The molecule has 0 radical (unpaired) electrons. The van der Waals surface area contributed by atoms with E-state index in [2.05, 4.69) is 4.98 Å². The van der Waals surface area contributed by atoms with E-state index in [1.54, 1.807) is 17.0 Å². The van der Waals surface area contributed by atoms with Gasteiger partial charge in [-0.25, -0.2) is 4.98 Å². The molecule has 0 spiro atoms. The Hall–Kier alpha value is -1.36. The van der Waals surface area contributed by atoms with Gasteiger partial charge in [-0.3, -0.25) is 4.79 Å². The van der Waals surface area contributed by atoms with Crippen molar-refractivity contribution in [3.05, 3.63) is 22.7 Å². The number of hydrogen-bond acceptors (Lipinski definition) is 4. The van der Waals surface area contributed by atoms with Gasteiger partial charge in [0.15, 0.2) is 5.82 Å². The molecule has 1 aromatic heterocycles. The normalized spacial score (nSPS) is 20.8. The lowest BCUT2D eigenvalue weighted by Gasteiger charge is -2.18. The molecule has 1 saturated heterocycles. The molecule has 0 bridgehead atoms. The first kappa shape index (κ1) is 11.1. The summed E-state index contributed by atoms with van der Waals surface area (Å²) in [6, 6.07) is 0.127. The molecular weight excluding hydrogens is 206 g/mol. The first-order valence-electron chi connectivity index (χ1n) is 5.59. The first-order valence-corrected chi connectivity index (χ1v) is 5.59. The highest BCUT2D eigenvalue weighted by Crippen LogP contribution is 2.14. The maximum atomic E-state index is 12.1. The molecule has 0 aromatic carbocycles. The fraction of sp³-hybridized carbons (Fsp3) is 0.636. The van der Waals surface area contributed by atoms with Crippen LogP contribution in [0, 0.1) is 0 Å². The molecule has 2 rings (SSSR count). The predicted octanol–water partition coefficient (Wildman–Crippen LogP) is 0.395. The first-order chi connectivity index (χ1) is 7.59. The molecule has 5 nitrogen and oxygen atoms in total. The number of β-amino-alcohol motifs (C(OH)–C–C–N with tert-alkyl or cyclic N) is 1. The number of aliphatic hydroxyl groups is 1. The monoisotopic (exact) mass is 223 g/mol. The van der Waals surface area contributed by atoms with Crippen LogP contribution in [0.1, 0.15) is 26.3 Å². The van der Waals surface area contributed by atoms with Crippen molar-refractivity contribution in [2.75, 3.05) is 18.0 Å². The Balaban J connectivity index is 2.35. The minimum Gasteiger partial charge on any atom is -0.391 e. The summed E-state index contributed by atoms with van der Waals surface area (Å²) < 4.78 is 1.66. The third-order valence-electron chi connectivity index (χ3n) is 2.87. The zero-order chi connectivity index (χ0) is 11.7. The number of hydrogen-bond donors (Lipinski definition) is 1. The van der Waals surface area contributed by atoms with Crippen molar-refractivity contribution >= 4 is 5.82 Å². The van der Waals surface area contributed by atoms with Crippen molar-refractivity contribution in [2.24, 2.45) is 0 Å². The maximum Gasteiger partial charge on any atom is 0.293 e. The van der Waals surface area contributed by atoms with Crippen molar-refractivity contribution in [3.63, 3.8) is 0 Å². The topological polar surface area (TPSA) is 58.4 Å². The van der Waals surface area contributed by atoms with Gasteiger partial charge in [0.05, 0.1) is 6.10 Å². The summed E-state index contributed by atoms with van der Waals surface area (Å²) >= 11 is 0. The lowest BCUT2D eigenvalue weighted by atomic mass is 10.3. The summed E-state index contributed by atoms with van der Waals surface area (Å²) in [5.74, 6) is 0.452. The number of aliphatic hydroxyl groups excluding tert-OH is 1. The van der Waals surface area contributed by atoms with Gasteiger partial charge < -0.3 is 14.6 Å². The third kappa shape index (κ3) is 1.95. The van der Waals surface area contributed by atoms with E-state index in [4.69, 9.17) is 0 Å². The van der Waals surface area contributed by atoms with E-state index >= 15 is 0 Å². The van der Waals surface area contributed by atoms with E-state index < -0.39 is 0 Å². The van der Waals surface area contributed by atoms with E-state index in [0.717, 1.165) is 0 Å². The summed E-state index contributed by atoms with van der Waals surface area (Å²) in [5.41, 5.74) is -0.0772. The Labute approximate surface area is 94.3 Å². The molecule has 2 heterocycles. The van der Waals surface area contributed by atoms with Gasteiger partial charge in [0.2, 0.25) is 0 Å². The SMILES string of the molecule is CC(C)n1ccnc(N2CC[C@@H](O)C2)c1=O. The fourth-order valence-electron chi connectivity index (χ4n) is 1.97. The van der Waals surface area contributed by atoms with Gasteiger partial charge in [0.25, 0.3) is 5.56 Å². The number of anilines is 1. The van der Waals surface area contributed by atoms with Crippen molar-refractivity contribution in [2.45, 2.75) is 32.4 Å². The highest BCUT2D eigenvalue weighted by molar-refractivity contribution is 5.37. The van der Waals surface area contributed by atoms with Crippen molar-refractivity contribution in [1.29, 1.82) is 0 Å². The summed E-state index contributed by atoms with van der Waals surface area (Å²) in [4.78, 5) is 18.1. The summed E-state index contributed by atoms with van der Waals surface area (Å²) in [6.07, 6.45) is 3.70. The Kier molecular flexibility index (Phi) is 2.96. The number of rotatable bonds is 2. The molecule has 0 saturated carbocycles. The lowest BCUT2D eigenvalue weighted by molar-refractivity contribution is 0.198. The van der Waals surface area contributed by atoms with Gasteiger partial charge in [-0.15, -0.1) is 0 Å². The van der Waals surface area contributed by atoms with Gasteiger partial charge in [-0.1, -0.05) is 0 Å². The Morgan fingerprint density at radius 3 is 2.88 bits per heavy atom. The lowest BCUT2D eigenvalue weighted by Crippen LogP contribution is -2.32. The van der Waals surface area contributed by atoms with Crippen LogP contribution in [0.2, 0.25) is 0 Å². The van der Waals surface area contributed by atoms with Crippen LogP contribution in [-0.2, 0) is 0 Å². The van der Waals surface area contributed by atoms with Crippen LogP contribution in [-0.4, -0.2) is 33.9 Å². The third-order valence-corrected chi connectivity index (χ3v) is 2.87. The van der Waals surface area contributed by atoms with E-state index in [9.17, 15) is 9.90 Å². The van der Waals surface area contributed by atoms with Crippen LogP contribution in [0.5, 0.6) is 0 Å². The number of aromatic nitrogens is 2. The summed E-state index contributed by atoms with van der Waals surface area (Å²) in [6.45, 7) is 5.13. The molecule has 1 N–H and O–H groups in total. The van der Waals surface area contributed by atoms with Crippen molar-refractivity contribution < 1.29 is 5.11 Å². The van der Waals surface area contributed by atoms with E-state index in [-0.39, 0.29) is 17.7 Å². The Morgan fingerprint density at radius 2 is 2.31 bits per heavy atom. The molecule has 88 valence electrons. The summed E-state index contributed by atoms with van der Waals surface area (Å²) in [7, 11) is 0. The standard InChI is InChI=1S/C11H17N3O2/c1-8(2)14-6-4-12-10(11(14)16)13-5-3-9(15)7-13/h4,6,8-9,15H,3,5,7H2,1-2H3/t9-/m1/s1. The quantitative estimate of drug-likeness (QED) is 0.788. The van der Waals surface area contributed by atoms with Crippen LogP contribution in [0.25, 0.3) is 0 Å². The zero-order valence-corrected chi connectivity index (χ0v) is 9.63. The van der Waals surface area contributed by atoms with Gasteiger partial charge in [0, 0.05) is 31.5 Å². The van der Waals surface area contributed by atoms with Crippen LogP contribution in [0.3, 0.4) is 0 Å². The molecular formula is C11H17N3O2. The Bertz CT molecular complexity index is 427. The van der Waals surface area contributed by atoms with Crippen LogP contribution in [0.15, 0.2) is 17.2 Å². The largest absolute Gasteiger partial charge is 0.391 e. The van der Waals surface area contributed by atoms with E-state index in [1.807, 2.05) is 18.7 Å². The zero-order valence-electron chi connectivity index (χ0n) is 9.63. The minimum absolute atomic E-state index is 0.0772. The maximum absolute atomic E-state index is 12.1. The number of nitrogens with zero attached hydrogens (tertiary/aromatic N) is 3. The molecule has 1 atom stereocenters. The van der Waals surface area contributed by atoms with Crippen LogP contribution >= 0.6 is 0 Å². The molecule has 1 aromatic rings. The molecule has 0 amide bonds. The average molecular weight is 223 g/mol. The molecule has 5 heteroatoms. The second-order valence-corrected chi connectivity index (χ2v) is 4.45. The molecule has 16 heavy (non-hydrogen) atoms. The molecule has 0 aliphatic carbocycles. The van der Waals surface area contributed by atoms with Gasteiger partial charge in [-0.2, -0.15) is 0 Å². The minimum atomic E-state index is -0.339. The molecule has 0 unspecified atom stereocenters. The van der Waals surface area contributed by atoms with Crippen LogP contribution in [0.4, 0.5) is 5.82 Å². The van der Waals surface area contributed by atoms with Gasteiger partial charge >= 0.3 is 0 Å². The second-order valence-electron chi connectivity index (χ2n) is 4.45. The van der Waals surface area contributed by atoms with E-state index in [1.165, 1.54) is 0 Å². The van der Waals surface area contributed by atoms with Crippen molar-refractivity contribution in [1.82, 2.24) is 9.55 Å². The van der Waals surface area contributed by atoms with Crippen molar-refractivity contribution in [3.8, 4) is 0 Å². The highest BCUT2D eigenvalue weighted by Gasteiger charge is 2.24.